The number of aromatic nitrogens is 2. The van der Waals surface area contributed by atoms with Crippen molar-refractivity contribution in [1.29, 1.82) is 0 Å². The van der Waals surface area contributed by atoms with Crippen molar-refractivity contribution in [3.05, 3.63) is 48.3 Å². The average molecular weight is 324 g/mol. The molecular formula is C19H25BN2O2. The standard InChI is InChI=1S/C19H25BN2O2/c1-18(2)19(3,4)24-20(23-18)16-12-21-22(13-16)17(15-10-11-15)14-8-6-5-7-9-14/h5-9,12-13,15,17H,10-11H2,1-4H3. The lowest BCUT2D eigenvalue weighted by atomic mass is 9.82. The normalized spacial score (nSPS) is 23.4. The third kappa shape index (κ3) is 2.70. The van der Waals surface area contributed by atoms with Gasteiger partial charge in [0.1, 0.15) is 0 Å². The van der Waals surface area contributed by atoms with Gasteiger partial charge >= 0.3 is 7.12 Å². The minimum absolute atomic E-state index is 0.308. The third-order valence-corrected chi connectivity index (χ3v) is 5.64. The maximum absolute atomic E-state index is 6.15. The minimum atomic E-state index is -0.348. The first kappa shape index (κ1) is 15.9. The second-order valence-electron chi connectivity index (χ2n) is 8.03. The molecule has 1 saturated carbocycles. The molecule has 1 aliphatic heterocycles. The zero-order valence-corrected chi connectivity index (χ0v) is 14.9. The Hall–Kier alpha value is -1.59. The first-order valence-electron chi connectivity index (χ1n) is 8.82. The van der Waals surface area contributed by atoms with Gasteiger partial charge in [0.2, 0.25) is 0 Å². The zero-order chi connectivity index (χ0) is 16.9. The third-order valence-electron chi connectivity index (χ3n) is 5.64. The molecule has 4 rings (SSSR count). The predicted octanol–water partition coefficient (Wildman–Crippen LogP) is 3.18. The number of nitrogens with zero attached hydrogens (tertiary/aromatic N) is 2. The maximum Gasteiger partial charge on any atom is 0.498 e. The number of hydrogen-bond acceptors (Lipinski definition) is 3. The molecular weight excluding hydrogens is 299 g/mol. The van der Waals surface area contributed by atoms with Crippen LogP contribution in [0.4, 0.5) is 0 Å². The minimum Gasteiger partial charge on any atom is -0.399 e. The fourth-order valence-corrected chi connectivity index (χ4v) is 3.31. The van der Waals surface area contributed by atoms with E-state index in [9.17, 15) is 0 Å². The Balaban J connectivity index is 1.61. The summed E-state index contributed by atoms with van der Waals surface area (Å²) in [5.41, 5.74) is 1.67. The average Bonchev–Trinajstić information content (AvgIpc) is 3.18. The molecule has 1 aliphatic carbocycles. The van der Waals surface area contributed by atoms with Gasteiger partial charge < -0.3 is 9.31 Å². The molecule has 24 heavy (non-hydrogen) atoms. The van der Waals surface area contributed by atoms with E-state index in [4.69, 9.17) is 9.31 Å². The van der Waals surface area contributed by atoms with Crippen molar-refractivity contribution >= 4 is 12.6 Å². The van der Waals surface area contributed by atoms with E-state index in [1.807, 2.05) is 6.20 Å². The second kappa shape index (κ2) is 5.46. The molecule has 0 N–H and O–H groups in total. The molecule has 0 bridgehead atoms. The maximum atomic E-state index is 6.15. The molecule has 2 aromatic rings. The molecule has 2 heterocycles. The van der Waals surface area contributed by atoms with Crippen LogP contribution in [0.1, 0.15) is 52.1 Å². The highest BCUT2D eigenvalue weighted by Crippen LogP contribution is 2.43. The van der Waals surface area contributed by atoms with Crippen molar-refractivity contribution in [2.45, 2.75) is 57.8 Å². The van der Waals surface area contributed by atoms with Crippen LogP contribution in [-0.2, 0) is 9.31 Å². The highest BCUT2D eigenvalue weighted by atomic mass is 16.7. The van der Waals surface area contributed by atoms with Crippen LogP contribution in [0.5, 0.6) is 0 Å². The fraction of sp³-hybridized carbons (Fsp3) is 0.526. The van der Waals surface area contributed by atoms with E-state index in [1.165, 1.54) is 18.4 Å². The van der Waals surface area contributed by atoms with E-state index in [1.54, 1.807) is 0 Å². The van der Waals surface area contributed by atoms with Crippen LogP contribution in [0, 0.1) is 5.92 Å². The van der Waals surface area contributed by atoms with Gasteiger partial charge in [-0.3, -0.25) is 4.68 Å². The molecule has 2 aliphatic rings. The molecule has 0 radical (unpaired) electrons. The van der Waals surface area contributed by atoms with Crippen LogP contribution in [0.2, 0.25) is 0 Å². The van der Waals surface area contributed by atoms with Crippen LogP contribution in [0.3, 0.4) is 0 Å². The smallest absolute Gasteiger partial charge is 0.399 e. The van der Waals surface area contributed by atoms with Crippen LogP contribution < -0.4 is 5.46 Å². The van der Waals surface area contributed by atoms with Crippen molar-refractivity contribution in [1.82, 2.24) is 9.78 Å². The highest BCUT2D eigenvalue weighted by Gasteiger charge is 2.52. The molecule has 126 valence electrons. The molecule has 0 amide bonds. The van der Waals surface area contributed by atoms with Crippen LogP contribution in [0.15, 0.2) is 42.7 Å². The molecule has 1 aromatic carbocycles. The van der Waals surface area contributed by atoms with Crippen LogP contribution in [-0.4, -0.2) is 28.1 Å². The Morgan fingerprint density at radius 3 is 2.29 bits per heavy atom. The van der Waals surface area contributed by atoms with Gasteiger partial charge in [-0.1, -0.05) is 30.3 Å². The summed E-state index contributed by atoms with van der Waals surface area (Å²) in [4.78, 5) is 0. The summed E-state index contributed by atoms with van der Waals surface area (Å²) in [6.07, 6.45) is 6.52. The van der Waals surface area contributed by atoms with E-state index in [2.05, 4.69) is 74.0 Å². The lowest BCUT2D eigenvalue weighted by Gasteiger charge is -2.32. The van der Waals surface area contributed by atoms with E-state index in [0.717, 1.165) is 5.46 Å². The van der Waals surface area contributed by atoms with E-state index >= 15 is 0 Å². The summed E-state index contributed by atoms with van der Waals surface area (Å²) in [7, 11) is -0.348. The Bertz CT molecular complexity index is 706. The molecule has 2 fully saturated rings. The first-order chi connectivity index (χ1) is 11.4. The summed E-state index contributed by atoms with van der Waals surface area (Å²) >= 11 is 0. The summed E-state index contributed by atoms with van der Waals surface area (Å²) in [6.45, 7) is 8.31. The van der Waals surface area contributed by atoms with E-state index in [-0.39, 0.29) is 18.3 Å². The highest BCUT2D eigenvalue weighted by molar-refractivity contribution is 6.62. The second-order valence-corrected chi connectivity index (χ2v) is 8.03. The monoisotopic (exact) mass is 324 g/mol. The largest absolute Gasteiger partial charge is 0.498 e. The topological polar surface area (TPSA) is 36.3 Å². The molecule has 5 heteroatoms. The molecule has 1 unspecified atom stereocenters. The number of hydrogen-bond donors (Lipinski definition) is 0. The number of rotatable bonds is 4. The van der Waals surface area contributed by atoms with Crippen molar-refractivity contribution < 1.29 is 9.31 Å². The van der Waals surface area contributed by atoms with Crippen molar-refractivity contribution in [3.63, 3.8) is 0 Å². The Morgan fingerprint density at radius 2 is 1.71 bits per heavy atom. The van der Waals surface area contributed by atoms with Gasteiger partial charge in [-0.25, -0.2) is 0 Å². The summed E-state index contributed by atoms with van der Waals surface area (Å²) < 4.78 is 14.4. The number of benzene rings is 1. The summed E-state index contributed by atoms with van der Waals surface area (Å²) in [5, 5.41) is 4.65. The summed E-state index contributed by atoms with van der Waals surface area (Å²) in [5.74, 6) is 0.679. The van der Waals surface area contributed by atoms with Gasteiger partial charge in [0.05, 0.1) is 17.2 Å². The Kier molecular flexibility index (Phi) is 3.62. The van der Waals surface area contributed by atoms with Gasteiger partial charge in [0.25, 0.3) is 0 Å². The molecule has 1 atom stereocenters. The van der Waals surface area contributed by atoms with Crippen LogP contribution in [0.25, 0.3) is 0 Å². The van der Waals surface area contributed by atoms with Gasteiger partial charge in [0.15, 0.2) is 0 Å². The van der Waals surface area contributed by atoms with Crippen LogP contribution >= 0.6 is 0 Å². The zero-order valence-electron chi connectivity index (χ0n) is 14.9. The van der Waals surface area contributed by atoms with Crippen molar-refractivity contribution in [2.24, 2.45) is 5.92 Å². The first-order valence-corrected chi connectivity index (χ1v) is 8.82. The van der Waals surface area contributed by atoms with Gasteiger partial charge in [-0.15, -0.1) is 0 Å². The SMILES string of the molecule is CC1(C)OB(c2cnn(C(c3ccccc3)C3CC3)c2)OC1(C)C. The van der Waals surface area contributed by atoms with Gasteiger partial charge in [-0.2, -0.15) is 5.10 Å². The predicted molar refractivity (Wildman–Crippen MR) is 95.2 cm³/mol. The Morgan fingerprint density at radius 1 is 1.08 bits per heavy atom. The lowest BCUT2D eigenvalue weighted by molar-refractivity contribution is 0.00578. The fourth-order valence-electron chi connectivity index (χ4n) is 3.31. The molecule has 0 spiro atoms. The quantitative estimate of drug-likeness (QED) is 0.811. The van der Waals surface area contributed by atoms with Crippen molar-refractivity contribution in [2.75, 3.05) is 0 Å². The molecule has 4 nitrogen and oxygen atoms in total. The molecule has 1 saturated heterocycles. The van der Waals surface area contributed by atoms with E-state index < -0.39 is 0 Å². The molecule has 1 aromatic heterocycles. The Labute approximate surface area is 144 Å². The van der Waals surface area contributed by atoms with Gasteiger partial charge in [-0.05, 0) is 52.0 Å². The lowest BCUT2D eigenvalue weighted by Crippen LogP contribution is -2.41. The van der Waals surface area contributed by atoms with Crippen molar-refractivity contribution in [3.8, 4) is 0 Å². The van der Waals surface area contributed by atoms with E-state index in [0.29, 0.717) is 12.0 Å². The summed E-state index contributed by atoms with van der Waals surface area (Å²) in [6, 6.07) is 11.0. The van der Waals surface area contributed by atoms with Gasteiger partial charge in [0, 0.05) is 17.9 Å².